The zero-order chi connectivity index (χ0) is 17.6. The molecule has 2 aliphatic rings. The van der Waals surface area contributed by atoms with Crippen LogP contribution >= 0.6 is 11.3 Å². The van der Waals surface area contributed by atoms with Crippen LogP contribution in [-0.2, 0) is 13.0 Å². The van der Waals surface area contributed by atoms with E-state index in [0.717, 1.165) is 35.6 Å². The summed E-state index contributed by atoms with van der Waals surface area (Å²) >= 11 is 1.67. The number of carbonyl (C=O) groups excluding carboxylic acids is 1. The monoisotopic (exact) mass is 359 g/mol. The van der Waals surface area contributed by atoms with E-state index in [0.29, 0.717) is 12.4 Å². The molecule has 0 bridgehead atoms. The Balaban J connectivity index is 1.66. The first-order valence-electron chi connectivity index (χ1n) is 8.43. The van der Waals surface area contributed by atoms with Crippen molar-refractivity contribution in [2.24, 2.45) is 0 Å². The van der Waals surface area contributed by atoms with Crippen molar-refractivity contribution < 1.29 is 14.6 Å². The minimum Gasteiger partial charge on any atom is -0.504 e. The Kier molecular flexibility index (Phi) is 4.05. The Hall–Kier alpha value is -2.25. The minimum absolute atomic E-state index is 0.0353. The van der Waals surface area contributed by atoms with E-state index in [1.165, 1.54) is 10.4 Å². The highest BCUT2D eigenvalue weighted by Crippen LogP contribution is 2.41. The van der Waals surface area contributed by atoms with E-state index in [9.17, 15) is 9.90 Å². The van der Waals surface area contributed by atoms with Gasteiger partial charge in [-0.15, -0.1) is 11.3 Å². The maximum absolute atomic E-state index is 12.7. The predicted molar refractivity (Wildman–Crippen MR) is 97.5 cm³/mol. The summed E-state index contributed by atoms with van der Waals surface area (Å²) in [5.41, 5.74) is 2.83. The molecule has 1 aromatic heterocycles. The number of phenols is 1. The van der Waals surface area contributed by atoms with Crippen LogP contribution < -0.4 is 15.4 Å². The number of likely N-dealkylation sites (N-methyl/N-ethyl adjacent to an activating group) is 1. The number of fused-ring (bicyclic) bond motifs is 3. The van der Waals surface area contributed by atoms with Gasteiger partial charge < -0.3 is 25.4 Å². The van der Waals surface area contributed by atoms with Gasteiger partial charge in [-0.1, -0.05) is 6.07 Å². The Morgan fingerprint density at radius 3 is 3.04 bits per heavy atom. The Bertz CT molecular complexity index is 833. The van der Waals surface area contributed by atoms with Gasteiger partial charge in [0.2, 0.25) is 0 Å². The average Bonchev–Trinajstić information content (AvgIpc) is 2.94. The van der Waals surface area contributed by atoms with Gasteiger partial charge in [0.25, 0.3) is 5.91 Å². The van der Waals surface area contributed by atoms with Gasteiger partial charge in [-0.2, -0.15) is 0 Å². The Labute approximate surface area is 150 Å². The number of anilines is 1. The molecular formula is C18H21N3O3S. The number of carbonyl (C=O) groups is 1. The fraction of sp³-hybridized carbons (Fsp3) is 0.389. The fourth-order valence-electron chi connectivity index (χ4n) is 3.39. The van der Waals surface area contributed by atoms with Crippen LogP contribution in [0.4, 0.5) is 5.00 Å². The third-order valence-electron chi connectivity index (χ3n) is 4.64. The number of hydrogen-bond donors (Lipinski definition) is 3. The zero-order valence-corrected chi connectivity index (χ0v) is 15.1. The van der Waals surface area contributed by atoms with Crippen molar-refractivity contribution in [1.82, 2.24) is 10.2 Å². The van der Waals surface area contributed by atoms with Gasteiger partial charge in [0.05, 0.1) is 12.2 Å². The second kappa shape index (κ2) is 6.24. The van der Waals surface area contributed by atoms with E-state index in [1.807, 2.05) is 6.92 Å². The minimum atomic E-state index is -0.336. The molecule has 1 aromatic carbocycles. The molecule has 0 spiro atoms. The van der Waals surface area contributed by atoms with Crippen LogP contribution in [0.5, 0.6) is 11.5 Å². The fourth-order valence-corrected chi connectivity index (χ4v) is 4.74. The van der Waals surface area contributed by atoms with Crippen LogP contribution in [0.15, 0.2) is 18.2 Å². The first-order valence-corrected chi connectivity index (χ1v) is 9.24. The third-order valence-corrected chi connectivity index (χ3v) is 5.79. The van der Waals surface area contributed by atoms with Gasteiger partial charge in [-0.25, -0.2) is 0 Å². The van der Waals surface area contributed by atoms with Gasteiger partial charge in [0.1, 0.15) is 11.2 Å². The van der Waals surface area contributed by atoms with Crippen molar-refractivity contribution >= 4 is 22.2 Å². The zero-order valence-electron chi connectivity index (χ0n) is 14.3. The van der Waals surface area contributed by atoms with Crippen LogP contribution in [0.2, 0.25) is 0 Å². The lowest BCUT2D eigenvalue weighted by Gasteiger charge is -2.27. The average molecular weight is 359 g/mol. The topological polar surface area (TPSA) is 73.8 Å². The lowest BCUT2D eigenvalue weighted by Crippen LogP contribution is -2.38. The molecule has 2 aromatic rings. The van der Waals surface area contributed by atoms with Gasteiger partial charge in [0.15, 0.2) is 11.5 Å². The van der Waals surface area contributed by atoms with Gasteiger partial charge in [-0.05, 0) is 43.7 Å². The SMILES string of the molecule is CCOc1cc([C@@H]2NC(=O)c3c(sc4c3CCN(C)C4)N2)ccc1O. The molecule has 7 heteroatoms. The van der Waals surface area contributed by atoms with E-state index in [1.54, 1.807) is 29.5 Å². The summed E-state index contributed by atoms with van der Waals surface area (Å²) < 4.78 is 5.45. The number of hydrogen-bond acceptors (Lipinski definition) is 6. The molecule has 6 nitrogen and oxygen atoms in total. The number of ether oxygens (including phenoxy) is 1. The quantitative estimate of drug-likeness (QED) is 0.786. The number of phenolic OH excluding ortho intramolecular Hbond substituents is 1. The summed E-state index contributed by atoms with van der Waals surface area (Å²) in [7, 11) is 2.10. The first-order chi connectivity index (χ1) is 12.1. The number of rotatable bonds is 3. The summed E-state index contributed by atoms with van der Waals surface area (Å²) in [6.07, 6.45) is 0.572. The number of thiophene rings is 1. The largest absolute Gasteiger partial charge is 0.504 e. The lowest BCUT2D eigenvalue weighted by atomic mass is 10.0. The van der Waals surface area contributed by atoms with E-state index in [-0.39, 0.29) is 17.8 Å². The number of amides is 1. The smallest absolute Gasteiger partial charge is 0.256 e. The second-order valence-electron chi connectivity index (χ2n) is 6.41. The van der Waals surface area contributed by atoms with Crippen molar-refractivity contribution in [3.8, 4) is 11.5 Å². The number of aromatic hydroxyl groups is 1. The summed E-state index contributed by atoms with van der Waals surface area (Å²) in [6.45, 7) is 4.20. The Morgan fingerprint density at radius 2 is 2.24 bits per heavy atom. The van der Waals surface area contributed by atoms with Crippen LogP contribution in [0.1, 0.15) is 39.5 Å². The van der Waals surface area contributed by atoms with Crippen molar-refractivity contribution in [2.75, 3.05) is 25.5 Å². The molecule has 3 heterocycles. The number of nitrogens with zero attached hydrogens (tertiary/aromatic N) is 1. The van der Waals surface area contributed by atoms with E-state index < -0.39 is 0 Å². The highest BCUT2D eigenvalue weighted by Gasteiger charge is 2.33. The second-order valence-corrected chi connectivity index (χ2v) is 7.51. The maximum atomic E-state index is 12.7. The molecule has 0 aliphatic carbocycles. The molecule has 0 saturated heterocycles. The van der Waals surface area contributed by atoms with Crippen molar-refractivity contribution in [2.45, 2.75) is 26.1 Å². The van der Waals surface area contributed by atoms with Crippen molar-refractivity contribution in [1.29, 1.82) is 0 Å². The van der Waals surface area contributed by atoms with Gasteiger partial charge >= 0.3 is 0 Å². The molecule has 0 unspecified atom stereocenters. The summed E-state index contributed by atoms with van der Waals surface area (Å²) in [6, 6.07) is 5.16. The summed E-state index contributed by atoms with van der Waals surface area (Å²) in [4.78, 5) is 16.3. The van der Waals surface area contributed by atoms with E-state index >= 15 is 0 Å². The highest BCUT2D eigenvalue weighted by molar-refractivity contribution is 7.16. The third kappa shape index (κ3) is 2.83. The van der Waals surface area contributed by atoms with Crippen LogP contribution in [-0.4, -0.2) is 36.1 Å². The molecule has 1 amide bonds. The standard InChI is InChI=1S/C18H21N3O3S/c1-3-24-13-8-10(4-5-12(13)22)16-19-17(23)15-11-6-7-21(2)9-14(11)25-18(15)20-16/h4-5,8,16,20,22H,3,6-7,9H2,1-2H3,(H,19,23)/t16-/m1/s1. The van der Waals surface area contributed by atoms with E-state index in [4.69, 9.17) is 4.74 Å². The first kappa shape index (κ1) is 16.2. The lowest BCUT2D eigenvalue weighted by molar-refractivity contribution is 0.0934. The van der Waals surface area contributed by atoms with Crippen LogP contribution in [0.25, 0.3) is 0 Å². The number of benzene rings is 1. The number of nitrogens with one attached hydrogen (secondary N) is 2. The summed E-state index contributed by atoms with van der Waals surface area (Å²) in [5.74, 6) is 0.490. The maximum Gasteiger partial charge on any atom is 0.256 e. The van der Waals surface area contributed by atoms with Crippen molar-refractivity contribution in [3.63, 3.8) is 0 Å². The molecular weight excluding hydrogens is 338 g/mol. The van der Waals surface area contributed by atoms with Gasteiger partial charge in [0, 0.05) is 18.0 Å². The molecule has 25 heavy (non-hydrogen) atoms. The molecule has 4 rings (SSSR count). The summed E-state index contributed by atoms with van der Waals surface area (Å²) in [5, 5.41) is 17.3. The molecule has 3 N–H and O–H groups in total. The normalized spacial score (nSPS) is 19.6. The molecule has 132 valence electrons. The van der Waals surface area contributed by atoms with Crippen LogP contribution in [0.3, 0.4) is 0 Å². The predicted octanol–water partition coefficient (Wildman–Crippen LogP) is 2.69. The van der Waals surface area contributed by atoms with Crippen molar-refractivity contribution in [3.05, 3.63) is 39.8 Å². The van der Waals surface area contributed by atoms with Crippen LogP contribution in [0, 0.1) is 0 Å². The molecule has 0 radical (unpaired) electrons. The Morgan fingerprint density at radius 1 is 1.40 bits per heavy atom. The molecule has 1 atom stereocenters. The van der Waals surface area contributed by atoms with E-state index in [2.05, 4.69) is 22.6 Å². The van der Waals surface area contributed by atoms with Gasteiger partial charge in [-0.3, -0.25) is 4.79 Å². The molecule has 0 saturated carbocycles. The molecule has 2 aliphatic heterocycles. The highest BCUT2D eigenvalue weighted by atomic mass is 32.1. The molecule has 0 fully saturated rings.